The van der Waals surface area contributed by atoms with Gasteiger partial charge in [-0.2, -0.15) is 0 Å². The maximum absolute atomic E-state index is 5.24. The average Bonchev–Trinajstić information content (AvgIpc) is 2.40. The van der Waals surface area contributed by atoms with Crippen molar-refractivity contribution in [3.63, 3.8) is 0 Å². The molecule has 1 fully saturated rings. The minimum Gasteiger partial charge on any atom is -0.384 e. The number of nitrogens with zero attached hydrogens (tertiary/aromatic N) is 3. The zero-order valence-electron chi connectivity index (χ0n) is 11.7. The molecule has 2 rings (SSSR count). The Morgan fingerprint density at radius 2 is 2.11 bits per heavy atom. The summed E-state index contributed by atoms with van der Waals surface area (Å²) >= 11 is 3.49. The van der Waals surface area contributed by atoms with Crippen molar-refractivity contribution in [3.05, 3.63) is 16.5 Å². The average molecular weight is 328 g/mol. The van der Waals surface area contributed by atoms with Gasteiger partial charge >= 0.3 is 0 Å². The Morgan fingerprint density at radius 3 is 2.74 bits per heavy atom. The lowest BCUT2D eigenvalue weighted by molar-refractivity contribution is 0.139. The molecule has 0 atom stereocenters. The summed E-state index contributed by atoms with van der Waals surface area (Å²) in [5.41, 5.74) is 0. The van der Waals surface area contributed by atoms with Crippen molar-refractivity contribution in [2.24, 2.45) is 5.92 Å². The standard InChI is InChI=1S/C14H22BrN3O/c1-3-4-13-16-12(15)9-14(17-13)18-7-5-11(6-8-18)10-19-2/h9,11H,3-8,10H2,1-2H3. The number of hydrogen-bond donors (Lipinski definition) is 0. The first-order valence-corrected chi connectivity index (χ1v) is 7.79. The third-order valence-corrected chi connectivity index (χ3v) is 3.95. The lowest BCUT2D eigenvalue weighted by atomic mass is 9.98. The normalized spacial score (nSPS) is 16.9. The van der Waals surface area contributed by atoms with Gasteiger partial charge in [0.15, 0.2) is 0 Å². The first-order valence-electron chi connectivity index (χ1n) is 7.00. The van der Waals surface area contributed by atoms with Crippen LogP contribution in [0.4, 0.5) is 5.82 Å². The third kappa shape index (κ3) is 4.14. The highest BCUT2D eigenvalue weighted by Gasteiger charge is 2.20. The summed E-state index contributed by atoms with van der Waals surface area (Å²) in [7, 11) is 1.78. The fourth-order valence-corrected chi connectivity index (χ4v) is 2.92. The molecule has 0 unspecified atom stereocenters. The number of ether oxygens (including phenoxy) is 1. The Hall–Kier alpha value is -0.680. The molecular weight excluding hydrogens is 306 g/mol. The minimum atomic E-state index is 0.696. The van der Waals surface area contributed by atoms with Gasteiger partial charge < -0.3 is 9.64 Å². The number of halogens is 1. The smallest absolute Gasteiger partial charge is 0.133 e. The first-order chi connectivity index (χ1) is 9.22. The Morgan fingerprint density at radius 1 is 1.37 bits per heavy atom. The van der Waals surface area contributed by atoms with E-state index in [2.05, 4.69) is 37.7 Å². The molecule has 1 aromatic rings. The van der Waals surface area contributed by atoms with Gasteiger partial charge in [0, 0.05) is 39.3 Å². The van der Waals surface area contributed by atoms with Crippen LogP contribution in [0, 0.1) is 5.92 Å². The lowest BCUT2D eigenvalue weighted by Gasteiger charge is -2.32. The van der Waals surface area contributed by atoms with Crippen LogP contribution in [0.25, 0.3) is 0 Å². The molecule has 0 spiro atoms. The van der Waals surface area contributed by atoms with Gasteiger partial charge in [-0.25, -0.2) is 9.97 Å². The number of rotatable bonds is 5. The van der Waals surface area contributed by atoms with Gasteiger partial charge in [-0.1, -0.05) is 6.92 Å². The Bertz CT molecular complexity index is 406. The molecule has 0 radical (unpaired) electrons. The molecule has 106 valence electrons. The van der Waals surface area contributed by atoms with E-state index in [1.54, 1.807) is 7.11 Å². The predicted molar refractivity (Wildman–Crippen MR) is 80.5 cm³/mol. The highest BCUT2D eigenvalue weighted by atomic mass is 79.9. The Balaban J connectivity index is 2.02. The van der Waals surface area contributed by atoms with Crippen LogP contribution < -0.4 is 4.90 Å². The highest BCUT2D eigenvalue weighted by Crippen LogP contribution is 2.24. The van der Waals surface area contributed by atoms with Crippen molar-refractivity contribution < 1.29 is 4.74 Å². The van der Waals surface area contributed by atoms with Crippen LogP contribution in [-0.2, 0) is 11.2 Å². The van der Waals surface area contributed by atoms with E-state index in [-0.39, 0.29) is 0 Å². The molecule has 19 heavy (non-hydrogen) atoms. The summed E-state index contributed by atoms with van der Waals surface area (Å²) in [6.45, 7) is 5.15. The fraction of sp³-hybridized carbons (Fsp3) is 0.714. The van der Waals surface area contributed by atoms with Gasteiger partial charge in [0.1, 0.15) is 16.2 Å². The number of hydrogen-bond acceptors (Lipinski definition) is 4. The molecule has 0 amide bonds. The number of aryl methyl sites for hydroxylation is 1. The first kappa shape index (κ1) is 14.7. The van der Waals surface area contributed by atoms with E-state index in [0.717, 1.165) is 48.8 Å². The van der Waals surface area contributed by atoms with Gasteiger partial charge in [0.25, 0.3) is 0 Å². The fourth-order valence-electron chi connectivity index (χ4n) is 2.51. The van der Waals surface area contributed by atoms with Crippen molar-refractivity contribution in [1.29, 1.82) is 0 Å². The molecule has 1 aliphatic rings. The zero-order valence-corrected chi connectivity index (χ0v) is 13.3. The van der Waals surface area contributed by atoms with E-state index >= 15 is 0 Å². The number of anilines is 1. The molecule has 0 saturated carbocycles. The van der Waals surface area contributed by atoms with E-state index in [4.69, 9.17) is 4.74 Å². The van der Waals surface area contributed by atoms with Crippen LogP contribution in [0.5, 0.6) is 0 Å². The maximum atomic E-state index is 5.24. The second kappa shape index (κ2) is 7.20. The van der Waals surface area contributed by atoms with E-state index in [1.807, 2.05) is 6.07 Å². The zero-order chi connectivity index (χ0) is 13.7. The number of aromatic nitrogens is 2. The van der Waals surface area contributed by atoms with Gasteiger partial charge in [0.2, 0.25) is 0 Å². The second-order valence-corrected chi connectivity index (χ2v) is 5.91. The van der Waals surface area contributed by atoms with Crippen molar-refractivity contribution in [3.8, 4) is 0 Å². The SMILES string of the molecule is CCCc1nc(Br)cc(N2CCC(COC)CC2)n1. The summed E-state index contributed by atoms with van der Waals surface area (Å²) in [6.07, 6.45) is 4.37. The predicted octanol–water partition coefficient (Wildman–Crippen LogP) is 3.05. The number of piperidine rings is 1. The van der Waals surface area contributed by atoms with Gasteiger partial charge in [-0.15, -0.1) is 0 Å². The second-order valence-electron chi connectivity index (χ2n) is 5.10. The van der Waals surface area contributed by atoms with Gasteiger partial charge in [-0.05, 0) is 41.1 Å². The van der Waals surface area contributed by atoms with Crippen LogP contribution in [0.2, 0.25) is 0 Å². The molecule has 2 heterocycles. The van der Waals surface area contributed by atoms with Crippen molar-refractivity contribution in [1.82, 2.24) is 9.97 Å². The molecule has 1 aromatic heterocycles. The highest BCUT2D eigenvalue weighted by molar-refractivity contribution is 9.10. The van der Waals surface area contributed by atoms with Crippen molar-refractivity contribution in [2.75, 3.05) is 31.7 Å². The van der Waals surface area contributed by atoms with E-state index in [9.17, 15) is 0 Å². The summed E-state index contributed by atoms with van der Waals surface area (Å²) < 4.78 is 6.13. The largest absolute Gasteiger partial charge is 0.384 e. The minimum absolute atomic E-state index is 0.696. The molecular formula is C14H22BrN3O. The van der Waals surface area contributed by atoms with Crippen LogP contribution in [0.15, 0.2) is 10.7 Å². The van der Waals surface area contributed by atoms with Gasteiger partial charge in [-0.3, -0.25) is 0 Å². The molecule has 0 aromatic carbocycles. The van der Waals surface area contributed by atoms with Gasteiger partial charge in [0.05, 0.1) is 0 Å². The topological polar surface area (TPSA) is 38.2 Å². The number of methoxy groups -OCH3 is 1. The molecule has 0 bridgehead atoms. The van der Waals surface area contributed by atoms with Crippen LogP contribution >= 0.6 is 15.9 Å². The molecule has 5 heteroatoms. The van der Waals surface area contributed by atoms with Crippen LogP contribution in [0.1, 0.15) is 32.0 Å². The summed E-state index contributed by atoms with van der Waals surface area (Å²) in [6, 6.07) is 2.02. The molecule has 0 aliphatic carbocycles. The quantitative estimate of drug-likeness (QED) is 0.779. The van der Waals surface area contributed by atoms with Crippen LogP contribution in [-0.4, -0.2) is 36.8 Å². The van der Waals surface area contributed by atoms with E-state index in [0.29, 0.717) is 5.92 Å². The summed E-state index contributed by atoms with van der Waals surface area (Å²) in [4.78, 5) is 11.5. The molecule has 0 N–H and O–H groups in total. The van der Waals surface area contributed by atoms with E-state index < -0.39 is 0 Å². The maximum Gasteiger partial charge on any atom is 0.133 e. The summed E-state index contributed by atoms with van der Waals surface area (Å²) in [5, 5.41) is 0. The molecule has 4 nitrogen and oxygen atoms in total. The monoisotopic (exact) mass is 327 g/mol. The third-order valence-electron chi connectivity index (χ3n) is 3.54. The van der Waals surface area contributed by atoms with Crippen molar-refractivity contribution >= 4 is 21.7 Å². The molecule has 1 aliphatic heterocycles. The Labute approximate surface area is 123 Å². The van der Waals surface area contributed by atoms with Crippen LogP contribution in [0.3, 0.4) is 0 Å². The lowest BCUT2D eigenvalue weighted by Crippen LogP contribution is -2.35. The molecule has 1 saturated heterocycles. The van der Waals surface area contributed by atoms with Crippen molar-refractivity contribution in [2.45, 2.75) is 32.6 Å². The van der Waals surface area contributed by atoms with E-state index in [1.165, 1.54) is 12.8 Å². The summed E-state index contributed by atoms with van der Waals surface area (Å²) in [5.74, 6) is 2.69. The Kier molecular flexibility index (Phi) is 5.58.